The summed E-state index contributed by atoms with van der Waals surface area (Å²) in [6.45, 7) is 3.91. The van der Waals surface area contributed by atoms with Crippen LogP contribution in [0.3, 0.4) is 0 Å². The molecule has 1 atom stereocenters. The van der Waals surface area contributed by atoms with Crippen molar-refractivity contribution < 1.29 is 19.4 Å². The highest BCUT2D eigenvalue weighted by atomic mass is 16.5. The first kappa shape index (κ1) is 13.4. The first-order chi connectivity index (χ1) is 8.85. The molecule has 5 heteroatoms. The van der Waals surface area contributed by atoms with Gasteiger partial charge in [-0.2, -0.15) is 0 Å². The number of carboxylic acids is 1. The summed E-state index contributed by atoms with van der Waals surface area (Å²) in [5, 5.41) is 9.33. The van der Waals surface area contributed by atoms with Crippen LogP contribution in [-0.4, -0.2) is 35.0 Å². The van der Waals surface area contributed by atoms with Gasteiger partial charge in [-0.3, -0.25) is 4.79 Å². The van der Waals surface area contributed by atoms with Crippen LogP contribution in [0.4, 0.5) is 0 Å². The van der Waals surface area contributed by atoms with E-state index in [4.69, 9.17) is 4.74 Å². The molecule has 0 fully saturated rings. The van der Waals surface area contributed by atoms with E-state index >= 15 is 0 Å². The third-order valence-corrected chi connectivity index (χ3v) is 3.22. The van der Waals surface area contributed by atoms with Crippen molar-refractivity contribution in [2.45, 2.75) is 31.9 Å². The summed E-state index contributed by atoms with van der Waals surface area (Å²) >= 11 is 0. The van der Waals surface area contributed by atoms with E-state index in [-0.39, 0.29) is 5.60 Å². The summed E-state index contributed by atoms with van der Waals surface area (Å²) < 4.78 is 5.85. The number of fused-ring (bicyclic) bond motifs is 1. The molecule has 1 aliphatic rings. The fourth-order valence-electron chi connectivity index (χ4n) is 2.44. The molecule has 1 amide bonds. The van der Waals surface area contributed by atoms with Gasteiger partial charge in [0.05, 0.1) is 0 Å². The maximum Gasteiger partial charge on any atom is 0.331 e. The molecule has 1 heterocycles. The number of carbonyl (C=O) groups is 2. The Morgan fingerprint density at radius 1 is 1.53 bits per heavy atom. The lowest BCUT2D eigenvalue weighted by atomic mass is 9.98. The van der Waals surface area contributed by atoms with Crippen LogP contribution in [0.2, 0.25) is 0 Å². The molecule has 1 aromatic carbocycles. The number of hydrogen-bond acceptors (Lipinski definition) is 3. The quantitative estimate of drug-likeness (QED) is 0.838. The molecule has 0 radical (unpaired) electrons. The number of para-hydroxylation sites is 1. The third kappa shape index (κ3) is 2.41. The number of rotatable bonds is 4. The number of ether oxygens (including phenoxy) is 1. The molecule has 102 valence electrons. The Morgan fingerprint density at radius 3 is 2.79 bits per heavy atom. The molecule has 0 spiro atoms. The van der Waals surface area contributed by atoms with Crippen molar-refractivity contribution in [3.63, 3.8) is 0 Å². The lowest BCUT2D eigenvalue weighted by Crippen LogP contribution is -2.30. The predicted octanol–water partition coefficient (Wildman–Crippen LogP) is 1.61. The van der Waals surface area contributed by atoms with Crippen molar-refractivity contribution in [1.82, 2.24) is 4.90 Å². The molecule has 1 aromatic rings. The van der Waals surface area contributed by atoms with Crippen molar-refractivity contribution in [3.05, 3.63) is 29.3 Å². The summed E-state index contributed by atoms with van der Waals surface area (Å²) in [6, 6.07) is 4.39. The number of amides is 1. The van der Waals surface area contributed by atoms with E-state index < -0.39 is 12.0 Å². The fraction of sp³-hybridized carbons (Fsp3) is 0.429. The Morgan fingerprint density at radius 2 is 2.21 bits per heavy atom. The van der Waals surface area contributed by atoms with Crippen molar-refractivity contribution in [2.75, 3.05) is 7.05 Å². The number of carbonyl (C=O) groups excluding carboxylic acids is 1. The van der Waals surface area contributed by atoms with Gasteiger partial charge in [-0.15, -0.1) is 0 Å². The minimum absolute atomic E-state index is 0.346. The standard InChI is InChI=1S/C14H17NO4/c1-14(2)7-9-5-4-6-10(12(9)19-14)11(13(17)18)15(3)8-16/h4-6,8,11H,7H2,1-3H3,(H,17,18). The van der Waals surface area contributed by atoms with Crippen molar-refractivity contribution in [3.8, 4) is 5.75 Å². The lowest BCUT2D eigenvalue weighted by Gasteiger charge is -2.24. The molecule has 1 aliphatic heterocycles. The SMILES string of the molecule is CN(C=O)C(C(=O)O)c1cccc2c1OC(C)(C)C2. The maximum absolute atomic E-state index is 11.4. The molecule has 0 aliphatic carbocycles. The van der Waals surface area contributed by atoms with Crippen molar-refractivity contribution >= 4 is 12.4 Å². The number of nitrogens with zero attached hydrogens (tertiary/aromatic N) is 1. The maximum atomic E-state index is 11.4. The van der Waals surface area contributed by atoms with Gasteiger partial charge in [0.15, 0.2) is 6.04 Å². The van der Waals surface area contributed by atoms with E-state index in [1.807, 2.05) is 19.9 Å². The summed E-state index contributed by atoms with van der Waals surface area (Å²) in [5.74, 6) is -0.482. The number of aliphatic carboxylic acids is 1. The second kappa shape index (κ2) is 4.57. The van der Waals surface area contributed by atoms with Crippen LogP contribution < -0.4 is 4.74 Å². The summed E-state index contributed by atoms with van der Waals surface area (Å²) in [7, 11) is 1.45. The van der Waals surface area contributed by atoms with E-state index in [0.717, 1.165) is 16.9 Å². The minimum Gasteiger partial charge on any atom is -0.487 e. The molecule has 0 saturated heterocycles. The molecule has 1 N–H and O–H groups in total. The van der Waals surface area contributed by atoms with Gasteiger partial charge in [0, 0.05) is 19.0 Å². The first-order valence-electron chi connectivity index (χ1n) is 6.06. The van der Waals surface area contributed by atoms with Crippen LogP contribution in [0.1, 0.15) is 31.0 Å². The predicted molar refractivity (Wildman–Crippen MR) is 69.1 cm³/mol. The van der Waals surface area contributed by atoms with Crippen LogP contribution in [0, 0.1) is 0 Å². The Balaban J connectivity index is 2.49. The van der Waals surface area contributed by atoms with Crippen molar-refractivity contribution in [1.29, 1.82) is 0 Å². The van der Waals surface area contributed by atoms with Crippen LogP contribution in [0.5, 0.6) is 5.75 Å². The van der Waals surface area contributed by atoms with Crippen LogP contribution in [0.15, 0.2) is 18.2 Å². The fourth-order valence-corrected chi connectivity index (χ4v) is 2.44. The zero-order valence-electron chi connectivity index (χ0n) is 11.2. The van der Waals surface area contributed by atoms with Crippen molar-refractivity contribution in [2.24, 2.45) is 0 Å². The van der Waals surface area contributed by atoms with E-state index in [2.05, 4.69) is 0 Å². The second-order valence-electron chi connectivity index (χ2n) is 5.39. The van der Waals surface area contributed by atoms with Gasteiger partial charge >= 0.3 is 5.97 Å². The molecule has 1 unspecified atom stereocenters. The monoisotopic (exact) mass is 263 g/mol. The molecule has 0 saturated carbocycles. The van der Waals surface area contributed by atoms with Gasteiger partial charge in [0.25, 0.3) is 0 Å². The Hall–Kier alpha value is -2.04. The highest BCUT2D eigenvalue weighted by molar-refractivity contribution is 5.79. The van der Waals surface area contributed by atoms with E-state index in [1.165, 1.54) is 7.05 Å². The van der Waals surface area contributed by atoms with Crippen LogP contribution in [0.25, 0.3) is 0 Å². The average molecular weight is 263 g/mol. The normalized spacial score (nSPS) is 17.2. The minimum atomic E-state index is -1.07. The zero-order chi connectivity index (χ0) is 14.2. The molecule has 2 rings (SSSR count). The smallest absolute Gasteiger partial charge is 0.331 e. The molecular formula is C14H17NO4. The van der Waals surface area contributed by atoms with E-state index in [9.17, 15) is 14.7 Å². The number of hydrogen-bond donors (Lipinski definition) is 1. The molecule has 0 aromatic heterocycles. The molecule has 19 heavy (non-hydrogen) atoms. The van der Waals surface area contributed by atoms with E-state index in [0.29, 0.717) is 17.7 Å². The van der Waals surface area contributed by atoms with Gasteiger partial charge in [0.2, 0.25) is 6.41 Å². The number of likely N-dealkylation sites (N-methyl/N-ethyl adjacent to an activating group) is 1. The highest BCUT2D eigenvalue weighted by Gasteiger charge is 2.36. The molecule has 5 nitrogen and oxygen atoms in total. The van der Waals surface area contributed by atoms with Crippen LogP contribution in [-0.2, 0) is 16.0 Å². The first-order valence-corrected chi connectivity index (χ1v) is 6.06. The van der Waals surface area contributed by atoms with Gasteiger partial charge in [-0.05, 0) is 19.4 Å². The Labute approximate surface area is 111 Å². The average Bonchev–Trinajstić information content (AvgIpc) is 2.63. The highest BCUT2D eigenvalue weighted by Crippen LogP contribution is 2.41. The van der Waals surface area contributed by atoms with Gasteiger partial charge in [-0.25, -0.2) is 4.79 Å². The topological polar surface area (TPSA) is 66.8 Å². The largest absolute Gasteiger partial charge is 0.487 e. The number of benzene rings is 1. The Kier molecular flexibility index (Phi) is 3.22. The van der Waals surface area contributed by atoms with Crippen LogP contribution >= 0.6 is 0 Å². The summed E-state index contributed by atoms with van der Waals surface area (Å²) in [5.41, 5.74) is 1.15. The lowest BCUT2D eigenvalue weighted by molar-refractivity contribution is -0.145. The summed E-state index contributed by atoms with van der Waals surface area (Å²) in [4.78, 5) is 23.4. The number of carboxylic acid groups (broad SMARTS) is 1. The Bertz CT molecular complexity index is 524. The van der Waals surface area contributed by atoms with E-state index in [1.54, 1.807) is 12.1 Å². The third-order valence-electron chi connectivity index (χ3n) is 3.22. The van der Waals surface area contributed by atoms with Gasteiger partial charge in [0.1, 0.15) is 11.4 Å². The molecular weight excluding hydrogens is 246 g/mol. The second-order valence-corrected chi connectivity index (χ2v) is 5.39. The summed E-state index contributed by atoms with van der Waals surface area (Å²) in [6.07, 6.45) is 1.24. The molecule has 0 bridgehead atoms. The van der Waals surface area contributed by atoms with Gasteiger partial charge in [-0.1, -0.05) is 18.2 Å². The van der Waals surface area contributed by atoms with Gasteiger partial charge < -0.3 is 14.7 Å². The zero-order valence-corrected chi connectivity index (χ0v) is 11.2.